The third-order valence-corrected chi connectivity index (χ3v) is 4.30. The Bertz CT molecular complexity index is 533. The minimum atomic E-state index is -0.0430. The van der Waals surface area contributed by atoms with Crippen molar-refractivity contribution in [1.82, 2.24) is 9.88 Å². The summed E-state index contributed by atoms with van der Waals surface area (Å²) in [6.45, 7) is 6.78. The highest BCUT2D eigenvalue weighted by Gasteiger charge is 2.22. The van der Waals surface area contributed by atoms with Crippen LogP contribution < -0.4 is 16.2 Å². The van der Waals surface area contributed by atoms with E-state index >= 15 is 0 Å². The van der Waals surface area contributed by atoms with Gasteiger partial charge in [0.1, 0.15) is 0 Å². The Hall–Kier alpha value is -1.62. The van der Waals surface area contributed by atoms with E-state index in [4.69, 9.17) is 0 Å². The zero-order valence-corrected chi connectivity index (χ0v) is 12.9. The van der Waals surface area contributed by atoms with Crippen molar-refractivity contribution in [2.45, 2.75) is 39.7 Å². The van der Waals surface area contributed by atoms with Gasteiger partial charge in [0.2, 0.25) is 5.91 Å². The Balaban J connectivity index is 1.90. The molecule has 1 aromatic heterocycles. The summed E-state index contributed by atoms with van der Waals surface area (Å²) in [5.74, 6) is 1.05. The Morgan fingerprint density at radius 1 is 1.43 bits per heavy atom. The highest BCUT2D eigenvalue weighted by atomic mass is 16.1. The monoisotopic (exact) mass is 291 g/mol. The minimum absolute atomic E-state index is 0.0299. The number of amides is 1. The van der Waals surface area contributed by atoms with Gasteiger partial charge in [-0.15, -0.1) is 0 Å². The molecule has 1 amide bonds. The topological polar surface area (TPSA) is 63.1 Å². The van der Waals surface area contributed by atoms with E-state index in [0.29, 0.717) is 30.5 Å². The number of carbonyl (C=O) groups excluding carboxylic acids is 1. The average Bonchev–Trinajstić information content (AvgIpc) is 2.50. The summed E-state index contributed by atoms with van der Waals surface area (Å²) in [6.07, 6.45) is 4.54. The SMILES string of the molecule is CCn1cc(NC(=O)CC(C)C2CCNCC2)ccc1=O. The molecule has 0 aromatic carbocycles. The fourth-order valence-electron chi connectivity index (χ4n) is 2.94. The lowest BCUT2D eigenvalue weighted by atomic mass is 9.84. The summed E-state index contributed by atoms with van der Waals surface area (Å²) in [6, 6.07) is 3.16. The predicted molar refractivity (Wildman–Crippen MR) is 84.4 cm³/mol. The third-order valence-electron chi connectivity index (χ3n) is 4.30. The molecule has 0 bridgehead atoms. The fourth-order valence-corrected chi connectivity index (χ4v) is 2.94. The molecule has 21 heavy (non-hydrogen) atoms. The zero-order valence-electron chi connectivity index (χ0n) is 12.9. The standard InChI is InChI=1S/C16H25N3O2/c1-3-19-11-14(4-5-16(19)21)18-15(20)10-12(2)13-6-8-17-9-7-13/h4-5,11-13,17H,3,6-10H2,1-2H3,(H,18,20). The molecule has 2 N–H and O–H groups in total. The van der Waals surface area contributed by atoms with Gasteiger partial charge in [0.25, 0.3) is 5.56 Å². The third kappa shape index (κ3) is 4.43. The average molecular weight is 291 g/mol. The van der Waals surface area contributed by atoms with Crippen molar-refractivity contribution in [2.24, 2.45) is 11.8 Å². The van der Waals surface area contributed by atoms with Crippen molar-refractivity contribution in [3.63, 3.8) is 0 Å². The number of anilines is 1. The van der Waals surface area contributed by atoms with Gasteiger partial charge in [0.15, 0.2) is 0 Å². The van der Waals surface area contributed by atoms with Crippen molar-refractivity contribution in [3.8, 4) is 0 Å². The number of hydrogen-bond acceptors (Lipinski definition) is 3. The molecule has 116 valence electrons. The van der Waals surface area contributed by atoms with E-state index < -0.39 is 0 Å². The number of aromatic nitrogens is 1. The molecule has 1 saturated heterocycles. The molecule has 0 aliphatic carbocycles. The Morgan fingerprint density at radius 2 is 2.14 bits per heavy atom. The van der Waals surface area contributed by atoms with E-state index in [1.165, 1.54) is 6.07 Å². The molecule has 5 nitrogen and oxygen atoms in total. The maximum absolute atomic E-state index is 12.1. The van der Waals surface area contributed by atoms with E-state index in [1.807, 2.05) is 6.92 Å². The molecule has 2 rings (SSSR count). The van der Waals surface area contributed by atoms with Gasteiger partial charge in [-0.1, -0.05) is 6.92 Å². The van der Waals surface area contributed by atoms with Gasteiger partial charge in [0, 0.05) is 25.2 Å². The van der Waals surface area contributed by atoms with E-state index in [0.717, 1.165) is 25.9 Å². The lowest BCUT2D eigenvalue weighted by Gasteiger charge is -2.27. The summed E-state index contributed by atoms with van der Waals surface area (Å²) >= 11 is 0. The second kappa shape index (κ2) is 7.41. The molecule has 1 unspecified atom stereocenters. The summed E-state index contributed by atoms with van der Waals surface area (Å²) < 4.78 is 1.59. The molecule has 0 saturated carbocycles. The maximum atomic E-state index is 12.1. The van der Waals surface area contributed by atoms with Crippen LogP contribution >= 0.6 is 0 Å². The first-order chi connectivity index (χ1) is 10.1. The first kappa shape index (κ1) is 15.8. The normalized spacial score (nSPS) is 17.4. The number of piperidine rings is 1. The van der Waals surface area contributed by atoms with Gasteiger partial charge < -0.3 is 15.2 Å². The van der Waals surface area contributed by atoms with Crippen molar-refractivity contribution < 1.29 is 4.79 Å². The van der Waals surface area contributed by atoms with Crippen molar-refractivity contribution in [1.29, 1.82) is 0 Å². The molecule has 0 spiro atoms. The van der Waals surface area contributed by atoms with Gasteiger partial charge in [-0.3, -0.25) is 9.59 Å². The zero-order chi connectivity index (χ0) is 15.2. The smallest absolute Gasteiger partial charge is 0.250 e. The number of nitrogens with one attached hydrogen (secondary N) is 2. The molecule has 1 fully saturated rings. The van der Waals surface area contributed by atoms with Crippen LogP contribution in [-0.4, -0.2) is 23.6 Å². The van der Waals surface area contributed by atoms with Crippen molar-refractivity contribution >= 4 is 11.6 Å². The molecule has 1 atom stereocenters. The maximum Gasteiger partial charge on any atom is 0.250 e. The fraction of sp³-hybridized carbons (Fsp3) is 0.625. The number of rotatable bonds is 5. The van der Waals surface area contributed by atoms with Gasteiger partial charge >= 0.3 is 0 Å². The Kier molecular flexibility index (Phi) is 5.56. The number of hydrogen-bond donors (Lipinski definition) is 2. The van der Waals surface area contributed by atoms with Crippen LogP contribution in [0, 0.1) is 11.8 Å². The van der Waals surface area contributed by atoms with Crippen LogP contribution in [0.5, 0.6) is 0 Å². The van der Waals surface area contributed by atoms with Crippen LogP contribution in [0.25, 0.3) is 0 Å². The van der Waals surface area contributed by atoms with Crippen LogP contribution in [0.1, 0.15) is 33.1 Å². The highest BCUT2D eigenvalue weighted by Crippen LogP contribution is 2.24. The van der Waals surface area contributed by atoms with Crippen LogP contribution in [0.2, 0.25) is 0 Å². The van der Waals surface area contributed by atoms with Gasteiger partial charge in [-0.05, 0) is 50.8 Å². The van der Waals surface area contributed by atoms with E-state index in [9.17, 15) is 9.59 Å². The van der Waals surface area contributed by atoms with Crippen LogP contribution in [0.4, 0.5) is 5.69 Å². The lowest BCUT2D eigenvalue weighted by Crippen LogP contribution is -2.32. The summed E-state index contributed by atoms with van der Waals surface area (Å²) in [4.78, 5) is 23.7. The molecule has 5 heteroatoms. The van der Waals surface area contributed by atoms with Crippen LogP contribution in [-0.2, 0) is 11.3 Å². The van der Waals surface area contributed by atoms with Crippen LogP contribution in [0.15, 0.2) is 23.1 Å². The second-order valence-electron chi connectivity index (χ2n) is 5.86. The largest absolute Gasteiger partial charge is 0.325 e. The van der Waals surface area contributed by atoms with Gasteiger partial charge in [-0.2, -0.15) is 0 Å². The van der Waals surface area contributed by atoms with Gasteiger partial charge in [0.05, 0.1) is 5.69 Å². The summed E-state index contributed by atoms with van der Waals surface area (Å²) in [5, 5.41) is 6.25. The van der Waals surface area contributed by atoms with E-state index in [2.05, 4.69) is 17.6 Å². The molecular weight excluding hydrogens is 266 g/mol. The Morgan fingerprint density at radius 3 is 2.81 bits per heavy atom. The molecule has 1 aliphatic heterocycles. The first-order valence-corrected chi connectivity index (χ1v) is 7.81. The second-order valence-corrected chi connectivity index (χ2v) is 5.86. The first-order valence-electron chi connectivity index (χ1n) is 7.81. The molecule has 1 aromatic rings. The minimum Gasteiger partial charge on any atom is -0.325 e. The van der Waals surface area contributed by atoms with Crippen molar-refractivity contribution in [2.75, 3.05) is 18.4 Å². The molecule has 2 heterocycles. The number of aryl methyl sites for hydroxylation is 1. The number of carbonyl (C=O) groups is 1. The molecule has 1 aliphatic rings. The van der Waals surface area contributed by atoms with Crippen molar-refractivity contribution in [3.05, 3.63) is 28.7 Å². The van der Waals surface area contributed by atoms with E-state index in [-0.39, 0.29) is 11.5 Å². The van der Waals surface area contributed by atoms with Crippen LogP contribution in [0.3, 0.4) is 0 Å². The quantitative estimate of drug-likeness (QED) is 0.870. The molecular formula is C16H25N3O2. The lowest BCUT2D eigenvalue weighted by molar-refractivity contribution is -0.117. The van der Waals surface area contributed by atoms with Gasteiger partial charge in [-0.25, -0.2) is 0 Å². The predicted octanol–water partition coefficient (Wildman–Crippen LogP) is 1.83. The molecule has 0 radical (unpaired) electrons. The number of pyridine rings is 1. The summed E-state index contributed by atoms with van der Waals surface area (Å²) in [7, 11) is 0. The summed E-state index contributed by atoms with van der Waals surface area (Å²) in [5.41, 5.74) is 0.650. The Labute approximate surface area is 125 Å². The number of nitrogens with zero attached hydrogens (tertiary/aromatic N) is 1. The highest BCUT2D eigenvalue weighted by molar-refractivity contribution is 5.90. The van der Waals surface area contributed by atoms with E-state index in [1.54, 1.807) is 16.8 Å².